The zero-order valence-electron chi connectivity index (χ0n) is 11.9. The lowest BCUT2D eigenvalue weighted by atomic mass is 10.1. The first kappa shape index (κ1) is 14.1. The molecule has 2 aromatic rings. The Balaban J connectivity index is 2.07. The lowest BCUT2D eigenvalue weighted by molar-refractivity contribution is 0.649. The van der Waals surface area contributed by atoms with Gasteiger partial charge in [0.1, 0.15) is 0 Å². The van der Waals surface area contributed by atoms with Crippen molar-refractivity contribution in [3.8, 4) is 0 Å². The third kappa shape index (κ3) is 3.58. The molecule has 2 rings (SSSR count). The van der Waals surface area contributed by atoms with E-state index in [0.717, 1.165) is 13.0 Å². The Labute approximate surface area is 120 Å². The first-order chi connectivity index (χ1) is 9.22. The van der Waals surface area contributed by atoms with Gasteiger partial charge in [-0.2, -0.15) is 0 Å². The number of hydrogen-bond acceptors (Lipinski definition) is 3. The quantitative estimate of drug-likeness (QED) is 0.864. The van der Waals surface area contributed by atoms with Gasteiger partial charge in [0.15, 0.2) is 0 Å². The first-order valence-electron chi connectivity index (χ1n) is 6.72. The van der Waals surface area contributed by atoms with Crippen molar-refractivity contribution in [2.75, 3.05) is 25.5 Å². The lowest BCUT2D eigenvalue weighted by Gasteiger charge is -2.25. The van der Waals surface area contributed by atoms with Gasteiger partial charge in [-0.1, -0.05) is 24.3 Å². The molecule has 1 heterocycles. The van der Waals surface area contributed by atoms with Crippen LogP contribution in [-0.2, 0) is 6.42 Å². The van der Waals surface area contributed by atoms with Crippen LogP contribution in [0.3, 0.4) is 0 Å². The van der Waals surface area contributed by atoms with Crippen LogP contribution < -0.4 is 10.2 Å². The summed E-state index contributed by atoms with van der Waals surface area (Å²) in [5, 5.41) is 5.47. The largest absolute Gasteiger partial charge is 0.374 e. The minimum atomic E-state index is 0.375. The average Bonchev–Trinajstić information content (AvgIpc) is 2.97. The summed E-state index contributed by atoms with van der Waals surface area (Å²) >= 11 is 1.84. The summed E-state index contributed by atoms with van der Waals surface area (Å²) < 4.78 is 0. The van der Waals surface area contributed by atoms with E-state index in [0.29, 0.717) is 6.04 Å². The van der Waals surface area contributed by atoms with Crippen molar-refractivity contribution in [2.24, 2.45) is 0 Å². The molecule has 2 nitrogen and oxygen atoms in total. The number of benzene rings is 1. The van der Waals surface area contributed by atoms with E-state index in [1.807, 2.05) is 18.4 Å². The molecular weight excluding hydrogens is 252 g/mol. The molecular formula is C16H22N2S. The molecule has 0 saturated heterocycles. The number of rotatable bonds is 6. The molecule has 1 N–H and O–H groups in total. The molecule has 1 aromatic heterocycles. The molecule has 0 aliphatic heterocycles. The van der Waals surface area contributed by atoms with Gasteiger partial charge >= 0.3 is 0 Å². The average molecular weight is 274 g/mol. The molecule has 0 fully saturated rings. The number of likely N-dealkylation sites (N-methyl/N-ethyl adjacent to an activating group) is 1. The van der Waals surface area contributed by atoms with E-state index in [9.17, 15) is 0 Å². The molecule has 1 aromatic carbocycles. The van der Waals surface area contributed by atoms with Gasteiger partial charge in [-0.3, -0.25) is 0 Å². The molecule has 1 unspecified atom stereocenters. The maximum absolute atomic E-state index is 3.32. The van der Waals surface area contributed by atoms with Gasteiger partial charge in [0.05, 0.1) is 0 Å². The van der Waals surface area contributed by atoms with Crippen molar-refractivity contribution in [2.45, 2.75) is 19.4 Å². The number of anilines is 1. The monoisotopic (exact) mass is 274 g/mol. The minimum absolute atomic E-state index is 0.375. The highest BCUT2D eigenvalue weighted by atomic mass is 32.1. The predicted octanol–water partition coefficient (Wildman–Crippen LogP) is 3.71. The molecule has 0 spiro atoms. The maximum atomic E-state index is 3.32. The molecule has 3 heteroatoms. The van der Waals surface area contributed by atoms with Crippen LogP contribution in [0, 0.1) is 0 Å². The Morgan fingerprint density at radius 3 is 2.68 bits per heavy atom. The van der Waals surface area contributed by atoms with Gasteiger partial charge in [-0.05, 0) is 43.5 Å². The van der Waals surface area contributed by atoms with Crippen LogP contribution in [0.15, 0.2) is 41.8 Å². The Morgan fingerprint density at radius 1 is 1.21 bits per heavy atom. The SMILES string of the molecule is CNC(C)c1ccccc1N(C)CCc1cccs1. The van der Waals surface area contributed by atoms with E-state index in [2.05, 4.69) is 66.0 Å². The smallest absolute Gasteiger partial charge is 0.0412 e. The summed E-state index contributed by atoms with van der Waals surface area (Å²) in [5.74, 6) is 0. The number of hydrogen-bond donors (Lipinski definition) is 1. The predicted molar refractivity (Wildman–Crippen MR) is 85.2 cm³/mol. The summed E-state index contributed by atoms with van der Waals surface area (Å²) in [7, 11) is 4.18. The third-order valence-electron chi connectivity index (χ3n) is 3.52. The summed E-state index contributed by atoms with van der Waals surface area (Å²) in [6, 6.07) is 13.3. The van der Waals surface area contributed by atoms with E-state index < -0.39 is 0 Å². The van der Waals surface area contributed by atoms with Crippen molar-refractivity contribution in [3.05, 3.63) is 52.2 Å². The summed E-state index contributed by atoms with van der Waals surface area (Å²) in [4.78, 5) is 3.80. The zero-order chi connectivity index (χ0) is 13.7. The zero-order valence-corrected chi connectivity index (χ0v) is 12.7. The Bertz CT molecular complexity index is 493. The molecule has 0 aliphatic carbocycles. The highest BCUT2D eigenvalue weighted by Crippen LogP contribution is 2.25. The van der Waals surface area contributed by atoms with Crippen LogP contribution in [0.2, 0.25) is 0 Å². The fourth-order valence-corrected chi connectivity index (χ4v) is 2.91. The third-order valence-corrected chi connectivity index (χ3v) is 4.46. The number of nitrogens with zero attached hydrogens (tertiary/aromatic N) is 1. The summed E-state index contributed by atoms with van der Waals surface area (Å²) in [5.41, 5.74) is 2.68. The van der Waals surface area contributed by atoms with Gasteiger partial charge in [0, 0.05) is 30.2 Å². The van der Waals surface area contributed by atoms with Crippen molar-refractivity contribution in [3.63, 3.8) is 0 Å². The Morgan fingerprint density at radius 2 is 2.00 bits per heavy atom. The minimum Gasteiger partial charge on any atom is -0.374 e. The van der Waals surface area contributed by atoms with Gasteiger partial charge in [-0.15, -0.1) is 11.3 Å². The van der Waals surface area contributed by atoms with Crippen molar-refractivity contribution in [1.29, 1.82) is 0 Å². The standard InChI is InChI=1S/C16H22N2S/c1-13(17-2)15-8-4-5-9-16(15)18(3)11-10-14-7-6-12-19-14/h4-9,12-13,17H,10-11H2,1-3H3. The van der Waals surface area contributed by atoms with Crippen LogP contribution >= 0.6 is 11.3 Å². The van der Waals surface area contributed by atoms with Crippen LogP contribution in [0.5, 0.6) is 0 Å². The molecule has 0 radical (unpaired) electrons. The highest BCUT2D eigenvalue weighted by molar-refractivity contribution is 7.09. The first-order valence-corrected chi connectivity index (χ1v) is 7.60. The van der Waals surface area contributed by atoms with Crippen molar-refractivity contribution < 1.29 is 0 Å². The van der Waals surface area contributed by atoms with Gasteiger partial charge in [-0.25, -0.2) is 0 Å². The molecule has 1 atom stereocenters. The van der Waals surface area contributed by atoms with E-state index in [-0.39, 0.29) is 0 Å². The normalized spacial score (nSPS) is 12.4. The van der Waals surface area contributed by atoms with Crippen molar-refractivity contribution in [1.82, 2.24) is 5.32 Å². The van der Waals surface area contributed by atoms with E-state index in [4.69, 9.17) is 0 Å². The molecule has 0 amide bonds. The molecule has 0 saturated carbocycles. The maximum Gasteiger partial charge on any atom is 0.0412 e. The summed E-state index contributed by atoms with van der Waals surface area (Å²) in [6.45, 7) is 3.25. The van der Waals surface area contributed by atoms with Crippen LogP contribution in [-0.4, -0.2) is 20.6 Å². The van der Waals surface area contributed by atoms with E-state index in [1.54, 1.807) is 0 Å². The second-order valence-electron chi connectivity index (χ2n) is 4.82. The van der Waals surface area contributed by atoms with Crippen LogP contribution in [0.1, 0.15) is 23.4 Å². The Hall–Kier alpha value is -1.32. The molecule has 19 heavy (non-hydrogen) atoms. The van der Waals surface area contributed by atoms with Crippen molar-refractivity contribution >= 4 is 17.0 Å². The Kier molecular flexibility index (Phi) is 5.00. The number of para-hydroxylation sites is 1. The van der Waals surface area contributed by atoms with Gasteiger partial charge in [0.2, 0.25) is 0 Å². The van der Waals surface area contributed by atoms with Gasteiger partial charge in [0.25, 0.3) is 0 Å². The summed E-state index contributed by atoms with van der Waals surface area (Å²) in [6.07, 6.45) is 1.11. The molecule has 102 valence electrons. The topological polar surface area (TPSA) is 15.3 Å². The molecule has 0 bridgehead atoms. The van der Waals surface area contributed by atoms with Crippen LogP contribution in [0.4, 0.5) is 5.69 Å². The second-order valence-corrected chi connectivity index (χ2v) is 5.85. The fraction of sp³-hybridized carbons (Fsp3) is 0.375. The second kappa shape index (κ2) is 6.73. The lowest BCUT2D eigenvalue weighted by Crippen LogP contribution is -2.23. The van der Waals surface area contributed by atoms with Crippen LogP contribution in [0.25, 0.3) is 0 Å². The van der Waals surface area contributed by atoms with E-state index in [1.165, 1.54) is 16.1 Å². The molecule has 0 aliphatic rings. The van der Waals surface area contributed by atoms with E-state index >= 15 is 0 Å². The number of thiophene rings is 1. The number of nitrogens with one attached hydrogen (secondary N) is 1. The van der Waals surface area contributed by atoms with Gasteiger partial charge < -0.3 is 10.2 Å². The fourth-order valence-electron chi connectivity index (χ4n) is 2.21. The highest BCUT2D eigenvalue weighted by Gasteiger charge is 2.11.